The molecule has 0 N–H and O–H groups in total. The molecule has 1 heteroatoms. The minimum atomic E-state index is 0.791. The van der Waals surface area contributed by atoms with Gasteiger partial charge >= 0.3 is 0 Å². The fraction of sp³-hybridized carbons (Fsp3) is 0.650. The summed E-state index contributed by atoms with van der Waals surface area (Å²) in [6, 6.07) is 10.3. The van der Waals surface area contributed by atoms with E-state index in [1.807, 2.05) is 18.2 Å². The van der Waals surface area contributed by atoms with Crippen LogP contribution in [-0.2, 0) is 6.42 Å². The number of hydrogen-bond donors (Lipinski definition) is 0. The Kier molecular flexibility index (Phi) is 6.80. The van der Waals surface area contributed by atoms with Crippen LogP contribution in [-0.4, -0.2) is 0 Å². The monoisotopic (exact) mass is 283 g/mol. The first kappa shape index (κ1) is 16.1. The summed E-state index contributed by atoms with van der Waals surface area (Å²) < 4.78 is 0. The molecule has 1 nitrogen and oxygen atoms in total. The lowest BCUT2D eigenvalue weighted by molar-refractivity contribution is 0.271. The van der Waals surface area contributed by atoms with Crippen LogP contribution in [0.25, 0.3) is 0 Å². The summed E-state index contributed by atoms with van der Waals surface area (Å²) in [6.45, 7) is 2.40. The number of hydrogen-bond acceptors (Lipinski definition) is 1. The number of benzene rings is 1. The van der Waals surface area contributed by atoms with E-state index in [0.29, 0.717) is 0 Å². The number of nitriles is 1. The highest BCUT2D eigenvalue weighted by Crippen LogP contribution is 2.31. The average Bonchev–Trinajstić information content (AvgIpc) is 2.52. The summed E-state index contributed by atoms with van der Waals surface area (Å²) in [5.74, 6) is 2.00. The molecule has 1 fully saturated rings. The van der Waals surface area contributed by atoms with Crippen molar-refractivity contribution in [2.24, 2.45) is 11.8 Å². The zero-order valence-electron chi connectivity index (χ0n) is 13.5. The average molecular weight is 283 g/mol. The van der Waals surface area contributed by atoms with Crippen molar-refractivity contribution >= 4 is 0 Å². The third-order valence-electron chi connectivity index (χ3n) is 5.02. The first-order valence-corrected chi connectivity index (χ1v) is 8.77. The smallest absolute Gasteiger partial charge is 0.0991 e. The fourth-order valence-corrected chi connectivity index (χ4v) is 3.53. The Labute approximate surface area is 130 Å². The minimum absolute atomic E-state index is 0.791. The van der Waals surface area contributed by atoms with Gasteiger partial charge in [0.15, 0.2) is 0 Å². The quantitative estimate of drug-likeness (QED) is 0.573. The van der Waals surface area contributed by atoms with Crippen LogP contribution in [0.3, 0.4) is 0 Å². The molecule has 0 aliphatic heterocycles. The van der Waals surface area contributed by atoms with E-state index in [9.17, 15) is 0 Å². The van der Waals surface area contributed by atoms with Gasteiger partial charge in [-0.05, 0) is 42.4 Å². The Hall–Kier alpha value is -1.29. The van der Waals surface area contributed by atoms with Gasteiger partial charge in [-0.1, -0.05) is 70.4 Å². The van der Waals surface area contributed by atoms with Gasteiger partial charge in [0.1, 0.15) is 0 Å². The predicted molar refractivity (Wildman–Crippen MR) is 89.1 cm³/mol. The summed E-state index contributed by atoms with van der Waals surface area (Å²) in [6.07, 6.45) is 13.8. The molecule has 2 rings (SSSR count). The summed E-state index contributed by atoms with van der Waals surface area (Å²) in [4.78, 5) is 0. The third kappa shape index (κ3) is 5.92. The van der Waals surface area contributed by atoms with Gasteiger partial charge in [0.05, 0.1) is 11.6 Å². The van der Waals surface area contributed by atoms with Gasteiger partial charge in [0.25, 0.3) is 0 Å². The van der Waals surface area contributed by atoms with E-state index in [4.69, 9.17) is 5.26 Å². The topological polar surface area (TPSA) is 23.8 Å². The minimum Gasteiger partial charge on any atom is -0.192 e. The highest BCUT2D eigenvalue weighted by Gasteiger charge is 2.17. The van der Waals surface area contributed by atoms with Crippen molar-refractivity contribution in [3.63, 3.8) is 0 Å². The van der Waals surface area contributed by atoms with Crippen molar-refractivity contribution in [3.8, 4) is 6.07 Å². The Morgan fingerprint density at radius 1 is 1.05 bits per heavy atom. The second-order valence-corrected chi connectivity index (χ2v) is 6.89. The van der Waals surface area contributed by atoms with Crippen LogP contribution in [0, 0.1) is 23.2 Å². The lowest BCUT2D eigenvalue weighted by atomic mass is 9.80. The molecule has 0 spiro atoms. The maximum Gasteiger partial charge on any atom is 0.0991 e. The molecule has 21 heavy (non-hydrogen) atoms. The molecule has 114 valence electrons. The molecule has 0 heterocycles. The maximum atomic E-state index is 8.89. The van der Waals surface area contributed by atoms with E-state index in [1.54, 1.807) is 0 Å². The van der Waals surface area contributed by atoms with Gasteiger partial charge in [0, 0.05) is 0 Å². The summed E-state index contributed by atoms with van der Waals surface area (Å²) in [5, 5.41) is 8.89. The van der Waals surface area contributed by atoms with Gasteiger partial charge in [-0.15, -0.1) is 0 Å². The Morgan fingerprint density at radius 3 is 2.57 bits per heavy atom. The van der Waals surface area contributed by atoms with Crippen LogP contribution in [0.15, 0.2) is 24.3 Å². The lowest BCUT2D eigenvalue weighted by Gasteiger charge is -2.26. The van der Waals surface area contributed by atoms with E-state index in [2.05, 4.69) is 19.1 Å². The molecule has 0 aromatic heterocycles. The fourth-order valence-electron chi connectivity index (χ4n) is 3.53. The summed E-state index contributed by atoms with van der Waals surface area (Å²) in [5.41, 5.74) is 2.11. The van der Waals surface area contributed by atoms with E-state index < -0.39 is 0 Å². The second-order valence-electron chi connectivity index (χ2n) is 6.89. The molecule has 0 atom stereocenters. The SMILES string of the molecule is CC1CCC(CCCCCCc2cccc(C#N)c2)CC1. The molecule has 1 aliphatic rings. The standard InChI is InChI=1S/C20H29N/c1-17-11-13-18(14-12-17)7-4-2-3-5-8-19-9-6-10-20(15-19)16-21/h6,9-10,15,17-18H,2-5,7-8,11-14H2,1H3. The van der Waals surface area contributed by atoms with Gasteiger partial charge in [-0.2, -0.15) is 5.26 Å². The molecule has 1 saturated carbocycles. The van der Waals surface area contributed by atoms with Crippen LogP contribution in [0.2, 0.25) is 0 Å². The van der Waals surface area contributed by atoms with Crippen molar-refractivity contribution in [1.29, 1.82) is 5.26 Å². The summed E-state index contributed by atoms with van der Waals surface area (Å²) in [7, 11) is 0. The number of nitrogens with zero attached hydrogens (tertiary/aromatic N) is 1. The Morgan fingerprint density at radius 2 is 1.81 bits per heavy atom. The van der Waals surface area contributed by atoms with Crippen molar-refractivity contribution < 1.29 is 0 Å². The van der Waals surface area contributed by atoms with Gasteiger partial charge in [-0.25, -0.2) is 0 Å². The lowest BCUT2D eigenvalue weighted by Crippen LogP contribution is -2.12. The highest BCUT2D eigenvalue weighted by molar-refractivity contribution is 5.32. The molecule has 0 radical (unpaired) electrons. The maximum absolute atomic E-state index is 8.89. The van der Waals surface area contributed by atoms with Crippen molar-refractivity contribution in [3.05, 3.63) is 35.4 Å². The second kappa shape index (κ2) is 8.88. The number of unbranched alkanes of at least 4 members (excludes halogenated alkanes) is 3. The molecule has 1 aromatic rings. The molecule has 0 amide bonds. The van der Waals surface area contributed by atoms with E-state index in [1.165, 1.54) is 63.4 Å². The Bertz CT molecular complexity index is 449. The molecule has 1 aromatic carbocycles. The van der Waals surface area contributed by atoms with Crippen molar-refractivity contribution in [2.45, 2.75) is 71.1 Å². The van der Waals surface area contributed by atoms with E-state index in [0.717, 1.165) is 23.8 Å². The first-order valence-electron chi connectivity index (χ1n) is 8.77. The summed E-state index contributed by atoms with van der Waals surface area (Å²) >= 11 is 0. The third-order valence-corrected chi connectivity index (χ3v) is 5.02. The van der Waals surface area contributed by atoms with Crippen molar-refractivity contribution in [1.82, 2.24) is 0 Å². The molecule has 1 aliphatic carbocycles. The van der Waals surface area contributed by atoms with E-state index >= 15 is 0 Å². The van der Waals surface area contributed by atoms with Crippen LogP contribution < -0.4 is 0 Å². The van der Waals surface area contributed by atoms with E-state index in [-0.39, 0.29) is 0 Å². The molecule has 0 bridgehead atoms. The molecular formula is C20H29N. The van der Waals surface area contributed by atoms with Crippen LogP contribution >= 0.6 is 0 Å². The van der Waals surface area contributed by atoms with Gasteiger partial charge < -0.3 is 0 Å². The molecule has 0 unspecified atom stereocenters. The van der Waals surface area contributed by atoms with Gasteiger partial charge in [-0.3, -0.25) is 0 Å². The van der Waals surface area contributed by atoms with Crippen LogP contribution in [0.5, 0.6) is 0 Å². The van der Waals surface area contributed by atoms with Gasteiger partial charge in [0.2, 0.25) is 0 Å². The van der Waals surface area contributed by atoms with Crippen molar-refractivity contribution in [2.75, 3.05) is 0 Å². The number of rotatable bonds is 7. The van der Waals surface area contributed by atoms with Crippen LogP contribution in [0.1, 0.15) is 75.8 Å². The predicted octanol–water partition coefficient (Wildman–Crippen LogP) is 5.88. The number of aryl methyl sites for hydroxylation is 1. The van der Waals surface area contributed by atoms with Crippen LogP contribution in [0.4, 0.5) is 0 Å². The zero-order valence-corrected chi connectivity index (χ0v) is 13.5. The zero-order chi connectivity index (χ0) is 14.9. The first-order chi connectivity index (χ1) is 10.3. The normalized spacial score (nSPS) is 21.9. The largest absolute Gasteiger partial charge is 0.192 e. The highest BCUT2D eigenvalue weighted by atomic mass is 14.2. The Balaban J connectivity index is 1.53. The molecule has 0 saturated heterocycles. The molecular weight excluding hydrogens is 254 g/mol.